The molecule has 2 aromatic carbocycles. The number of ether oxygens (including phenoxy) is 1. The highest BCUT2D eigenvalue weighted by Crippen LogP contribution is 2.40. The molecule has 0 N–H and O–H groups in total. The Hall–Kier alpha value is -3.33. The summed E-state index contributed by atoms with van der Waals surface area (Å²) < 4.78 is 57.9. The molecular weight excluding hydrogens is 471 g/mol. The van der Waals surface area contributed by atoms with Gasteiger partial charge in [-0.2, -0.15) is 13.2 Å². The van der Waals surface area contributed by atoms with Crippen LogP contribution in [0.15, 0.2) is 57.5 Å². The van der Waals surface area contributed by atoms with Crippen molar-refractivity contribution >= 4 is 11.6 Å². The molecule has 0 amide bonds. The Morgan fingerprint density at radius 2 is 1.88 bits per heavy atom. The van der Waals surface area contributed by atoms with Crippen LogP contribution in [0.25, 0.3) is 22.8 Å². The molecule has 0 fully saturated rings. The maximum Gasteiger partial charge on any atom is 0.416 e. The minimum Gasteiger partial charge on any atom is -0.496 e. The lowest BCUT2D eigenvalue weighted by Crippen LogP contribution is -2.13. The predicted molar refractivity (Wildman–Crippen MR) is 120 cm³/mol. The number of rotatable bonds is 8. The third kappa shape index (κ3) is 4.94. The summed E-state index contributed by atoms with van der Waals surface area (Å²) in [5.41, 5.74) is 0.577. The lowest BCUT2D eigenvalue weighted by molar-refractivity contribution is -0.138. The van der Waals surface area contributed by atoms with Crippen LogP contribution in [0.5, 0.6) is 5.75 Å². The van der Waals surface area contributed by atoms with Gasteiger partial charge in [0.05, 0.1) is 30.4 Å². The lowest BCUT2D eigenvalue weighted by Gasteiger charge is -2.18. The fourth-order valence-electron chi connectivity index (χ4n) is 3.76. The Labute approximate surface area is 198 Å². The number of aryl methyl sites for hydroxylation is 1. The van der Waals surface area contributed by atoms with Crippen LogP contribution in [0.2, 0.25) is 0 Å². The maximum absolute atomic E-state index is 13.7. The van der Waals surface area contributed by atoms with E-state index < -0.39 is 17.7 Å². The van der Waals surface area contributed by atoms with Gasteiger partial charge >= 0.3 is 6.18 Å². The standard InChI is InChI=1S/C24H21ClF3N3O3/c1-14-29-13-21(33-14)18-10-9-15(12-20(18)32-2)22-30-31-23(34-22)17(7-5-11-25)16-6-3-4-8-19(16)24(26,27)28/h3-4,6,8-10,12-13,17H,5,7,11H2,1-2H3. The zero-order valence-electron chi connectivity index (χ0n) is 18.4. The Morgan fingerprint density at radius 3 is 2.56 bits per heavy atom. The molecule has 1 unspecified atom stereocenters. The fraction of sp³-hybridized carbons (Fsp3) is 0.292. The van der Waals surface area contributed by atoms with Crippen molar-refractivity contribution < 1.29 is 26.7 Å². The summed E-state index contributed by atoms with van der Waals surface area (Å²) in [5, 5.41) is 8.18. The normalized spacial score (nSPS) is 12.6. The second-order valence-electron chi connectivity index (χ2n) is 7.57. The Bertz CT molecular complexity index is 1270. The van der Waals surface area contributed by atoms with Crippen molar-refractivity contribution in [3.63, 3.8) is 0 Å². The van der Waals surface area contributed by atoms with Gasteiger partial charge in [0.15, 0.2) is 11.7 Å². The molecule has 4 rings (SSSR count). The van der Waals surface area contributed by atoms with Gasteiger partial charge in [0.25, 0.3) is 0 Å². The molecule has 2 aromatic heterocycles. The molecular formula is C24H21ClF3N3O3. The van der Waals surface area contributed by atoms with E-state index in [4.69, 9.17) is 25.2 Å². The highest BCUT2D eigenvalue weighted by Gasteiger charge is 2.36. The van der Waals surface area contributed by atoms with Gasteiger partial charge in [0.1, 0.15) is 5.75 Å². The highest BCUT2D eigenvalue weighted by molar-refractivity contribution is 6.17. The number of hydrogen-bond donors (Lipinski definition) is 0. The number of benzene rings is 2. The third-order valence-corrected chi connectivity index (χ3v) is 5.61. The first-order valence-electron chi connectivity index (χ1n) is 10.5. The minimum absolute atomic E-state index is 0.0731. The topological polar surface area (TPSA) is 74.2 Å². The average Bonchev–Trinajstić information content (AvgIpc) is 3.48. The summed E-state index contributed by atoms with van der Waals surface area (Å²) in [6.07, 6.45) is -2.11. The molecule has 1 atom stereocenters. The van der Waals surface area contributed by atoms with Gasteiger partial charge in [-0.15, -0.1) is 21.8 Å². The molecule has 178 valence electrons. The molecule has 6 nitrogen and oxygen atoms in total. The Morgan fingerprint density at radius 1 is 1.09 bits per heavy atom. The van der Waals surface area contributed by atoms with Crippen LogP contribution in [-0.2, 0) is 6.18 Å². The first kappa shape index (κ1) is 23.8. The van der Waals surface area contributed by atoms with Gasteiger partial charge in [-0.25, -0.2) is 4.98 Å². The van der Waals surface area contributed by atoms with E-state index in [1.807, 2.05) is 0 Å². The van der Waals surface area contributed by atoms with E-state index in [2.05, 4.69) is 15.2 Å². The van der Waals surface area contributed by atoms with Crippen molar-refractivity contribution in [3.8, 4) is 28.5 Å². The molecule has 0 aliphatic carbocycles. The molecule has 2 heterocycles. The number of nitrogens with zero attached hydrogens (tertiary/aromatic N) is 3. The summed E-state index contributed by atoms with van der Waals surface area (Å²) >= 11 is 5.84. The van der Waals surface area contributed by atoms with Crippen molar-refractivity contribution in [1.29, 1.82) is 0 Å². The van der Waals surface area contributed by atoms with Crippen molar-refractivity contribution in [2.75, 3.05) is 13.0 Å². The van der Waals surface area contributed by atoms with Gasteiger partial charge in [0, 0.05) is 18.4 Å². The van der Waals surface area contributed by atoms with E-state index in [0.717, 1.165) is 6.07 Å². The molecule has 0 aliphatic rings. The van der Waals surface area contributed by atoms with Gasteiger partial charge in [-0.05, 0) is 42.7 Å². The second kappa shape index (κ2) is 9.89. The van der Waals surface area contributed by atoms with Crippen LogP contribution in [0.3, 0.4) is 0 Å². The van der Waals surface area contributed by atoms with E-state index >= 15 is 0 Å². The van der Waals surface area contributed by atoms with Crippen LogP contribution < -0.4 is 4.74 Å². The first-order valence-corrected chi connectivity index (χ1v) is 11.0. The van der Waals surface area contributed by atoms with E-state index in [1.54, 1.807) is 37.4 Å². The molecule has 0 spiro atoms. The zero-order valence-corrected chi connectivity index (χ0v) is 19.2. The number of oxazole rings is 1. The number of alkyl halides is 4. The lowest BCUT2D eigenvalue weighted by atomic mass is 9.90. The monoisotopic (exact) mass is 491 g/mol. The fourth-order valence-corrected chi connectivity index (χ4v) is 3.91. The Balaban J connectivity index is 1.71. The average molecular weight is 492 g/mol. The Kier molecular flexibility index (Phi) is 6.92. The van der Waals surface area contributed by atoms with Crippen molar-refractivity contribution in [2.24, 2.45) is 0 Å². The van der Waals surface area contributed by atoms with Gasteiger partial charge in [-0.1, -0.05) is 18.2 Å². The molecule has 0 aliphatic heterocycles. The molecule has 0 saturated carbocycles. The minimum atomic E-state index is -4.51. The number of aromatic nitrogens is 3. The van der Waals surface area contributed by atoms with E-state index in [0.29, 0.717) is 47.2 Å². The molecule has 10 heteroatoms. The van der Waals surface area contributed by atoms with E-state index in [-0.39, 0.29) is 17.3 Å². The zero-order chi connectivity index (χ0) is 24.3. The quantitative estimate of drug-likeness (QED) is 0.250. The maximum atomic E-state index is 13.7. The largest absolute Gasteiger partial charge is 0.496 e. The molecule has 4 aromatic rings. The highest BCUT2D eigenvalue weighted by atomic mass is 35.5. The van der Waals surface area contributed by atoms with E-state index in [1.165, 1.54) is 19.2 Å². The smallest absolute Gasteiger partial charge is 0.416 e. The number of halogens is 4. The summed E-state index contributed by atoms with van der Waals surface area (Å²) in [6.45, 7) is 1.74. The number of methoxy groups -OCH3 is 1. The third-order valence-electron chi connectivity index (χ3n) is 5.34. The summed E-state index contributed by atoms with van der Waals surface area (Å²) in [5.74, 6) is 1.35. The van der Waals surface area contributed by atoms with Crippen molar-refractivity contribution in [2.45, 2.75) is 31.9 Å². The van der Waals surface area contributed by atoms with Crippen LogP contribution in [0.4, 0.5) is 13.2 Å². The molecule has 0 saturated heterocycles. The van der Waals surface area contributed by atoms with Crippen molar-refractivity contribution in [1.82, 2.24) is 15.2 Å². The van der Waals surface area contributed by atoms with E-state index in [9.17, 15) is 13.2 Å². The number of hydrogen-bond acceptors (Lipinski definition) is 6. The first-order chi connectivity index (χ1) is 16.3. The summed E-state index contributed by atoms with van der Waals surface area (Å²) in [4.78, 5) is 4.10. The molecule has 34 heavy (non-hydrogen) atoms. The van der Waals surface area contributed by atoms with Crippen LogP contribution in [0.1, 0.15) is 41.7 Å². The SMILES string of the molecule is COc1cc(-c2nnc(C(CCCCl)c3ccccc3C(F)(F)F)o2)ccc1-c1cnc(C)o1. The van der Waals surface area contributed by atoms with Gasteiger partial charge in [-0.3, -0.25) is 0 Å². The van der Waals surface area contributed by atoms with Crippen LogP contribution in [-0.4, -0.2) is 28.2 Å². The molecule has 0 radical (unpaired) electrons. The molecule has 0 bridgehead atoms. The van der Waals surface area contributed by atoms with Crippen LogP contribution >= 0.6 is 11.6 Å². The summed E-state index contributed by atoms with van der Waals surface area (Å²) in [6, 6.07) is 10.6. The predicted octanol–water partition coefficient (Wildman–Crippen LogP) is 6.88. The van der Waals surface area contributed by atoms with Crippen LogP contribution in [0, 0.1) is 6.92 Å². The second-order valence-corrected chi connectivity index (χ2v) is 7.95. The summed E-state index contributed by atoms with van der Waals surface area (Å²) in [7, 11) is 1.52. The van der Waals surface area contributed by atoms with Gasteiger partial charge < -0.3 is 13.6 Å². The van der Waals surface area contributed by atoms with Crippen molar-refractivity contribution in [3.05, 3.63) is 71.6 Å². The van der Waals surface area contributed by atoms with Gasteiger partial charge in [0.2, 0.25) is 11.8 Å².